The third-order valence-electron chi connectivity index (χ3n) is 4.83. The van der Waals surface area contributed by atoms with Crippen LogP contribution < -0.4 is 15.0 Å². The molecule has 1 fully saturated rings. The summed E-state index contributed by atoms with van der Waals surface area (Å²) in [4.78, 5) is 17.0. The molecule has 0 bridgehead atoms. The third kappa shape index (κ3) is 5.37. The summed E-state index contributed by atoms with van der Waals surface area (Å²) in [5.74, 6) is 0.596. The molecule has 0 aliphatic carbocycles. The Balaban J connectivity index is 1.43. The summed E-state index contributed by atoms with van der Waals surface area (Å²) in [6.07, 6.45) is 0.466. The molecule has 0 saturated carbocycles. The Bertz CT molecular complexity index is 789. The number of aryl methyl sites for hydroxylation is 1. The van der Waals surface area contributed by atoms with Crippen molar-refractivity contribution in [3.8, 4) is 5.75 Å². The van der Waals surface area contributed by atoms with E-state index in [1.54, 1.807) is 25.3 Å². The Morgan fingerprint density at radius 3 is 2.59 bits per heavy atom. The first-order valence-corrected chi connectivity index (χ1v) is 9.60. The molecule has 0 unspecified atom stereocenters. The van der Waals surface area contributed by atoms with E-state index in [1.165, 1.54) is 11.3 Å². The fourth-order valence-corrected chi connectivity index (χ4v) is 3.54. The van der Waals surface area contributed by atoms with Crippen LogP contribution in [0.3, 0.4) is 0 Å². The van der Waals surface area contributed by atoms with Crippen molar-refractivity contribution in [3.05, 3.63) is 53.1 Å². The van der Waals surface area contributed by atoms with Gasteiger partial charge in [-0.2, -0.15) is 0 Å². The molecule has 144 valence electrons. The first-order chi connectivity index (χ1) is 13.0. The van der Waals surface area contributed by atoms with Crippen LogP contribution in [-0.4, -0.2) is 50.6 Å². The highest BCUT2D eigenvalue weighted by Gasteiger charge is 2.18. The average Bonchev–Trinajstić information content (AvgIpc) is 2.67. The van der Waals surface area contributed by atoms with Crippen LogP contribution in [0.15, 0.2) is 42.5 Å². The number of rotatable bonds is 6. The van der Waals surface area contributed by atoms with E-state index >= 15 is 0 Å². The Labute approximate surface area is 165 Å². The smallest absolute Gasteiger partial charge is 0.225 e. The summed E-state index contributed by atoms with van der Waals surface area (Å²) in [7, 11) is 1.57. The molecule has 5 nitrogen and oxygen atoms in total. The van der Waals surface area contributed by atoms with E-state index in [0.29, 0.717) is 22.9 Å². The van der Waals surface area contributed by atoms with Crippen LogP contribution in [0.25, 0.3) is 0 Å². The second kappa shape index (κ2) is 9.11. The lowest BCUT2D eigenvalue weighted by Crippen LogP contribution is -2.47. The number of benzene rings is 2. The van der Waals surface area contributed by atoms with Crippen molar-refractivity contribution < 1.29 is 9.53 Å². The second-order valence-electron chi connectivity index (χ2n) is 6.82. The zero-order valence-corrected chi connectivity index (χ0v) is 16.6. The number of carbonyl (C=O) groups is 1. The molecule has 3 rings (SSSR count). The van der Waals surface area contributed by atoms with Gasteiger partial charge in [-0.3, -0.25) is 9.69 Å². The van der Waals surface area contributed by atoms with Crippen molar-refractivity contribution in [1.29, 1.82) is 0 Å². The van der Waals surface area contributed by atoms with E-state index in [-0.39, 0.29) is 5.91 Å². The molecule has 1 N–H and O–H groups in total. The quantitative estimate of drug-likeness (QED) is 0.818. The summed E-state index contributed by atoms with van der Waals surface area (Å²) >= 11 is 6.10. The van der Waals surface area contributed by atoms with Crippen molar-refractivity contribution in [2.45, 2.75) is 13.3 Å². The summed E-state index contributed by atoms with van der Waals surface area (Å²) in [5, 5.41) is 3.39. The lowest BCUT2D eigenvalue weighted by molar-refractivity contribution is -0.116. The monoisotopic (exact) mass is 387 g/mol. The highest BCUT2D eigenvalue weighted by molar-refractivity contribution is 6.32. The van der Waals surface area contributed by atoms with Crippen molar-refractivity contribution in [2.24, 2.45) is 0 Å². The third-order valence-corrected chi connectivity index (χ3v) is 5.13. The molecule has 0 aromatic heterocycles. The van der Waals surface area contributed by atoms with Gasteiger partial charge in [-0.1, -0.05) is 23.7 Å². The molecule has 1 aliphatic heterocycles. The van der Waals surface area contributed by atoms with Gasteiger partial charge in [0.05, 0.1) is 12.1 Å². The number of ether oxygens (including phenoxy) is 1. The molecule has 0 atom stereocenters. The molecule has 1 heterocycles. The molecule has 0 radical (unpaired) electrons. The predicted molar refractivity (Wildman–Crippen MR) is 111 cm³/mol. The summed E-state index contributed by atoms with van der Waals surface area (Å²) in [5.41, 5.74) is 3.25. The largest absolute Gasteiger partial charge is 0.495 e. The van der Waals surface area contributed by atoms with Crippen molar-refractivity contribution in [1.82, 2.24) is 4.90 Å². The molecule has 1 amide bonds. The molecular formula is C21H26ClN3O2. The number of anilines is 2. The number of hydrogen-bond acceptors (Lipinski definition) is 4. The minimum Gasteiger partial charge on any atom is -0.495 e. The van der Waals surface area contributed by atoms with Crippen molar-refractivity contribution in [3.63, 3.8) is 0 Å². The lowest BCUT2D eigenvalue weighted by Gasteiger charge is -2.36. The molecule has 6 heteroatoms. The number of amides is 1. The Hall–Kier alpha value is -2.24. The first kappa shape index (κ1) is 19.5. The Kier molecular flexibility index (Phi) is 6.58. The standard InChI is InChI=1S/C21H26ClN3O2/c1-16-4-3-5-18(14-16)25-12-10-24(11-13-25)9-8-21(26)23-17-6-7-20(27-2)19(22)15-17/h3-7,14-15H,8-13H2,1-2H3,(H,23,26). The van der Waals surface area contributed by atoms with Gasteiger partial charge < -0.3 is 15.0 Å². The number of nitrogens with zero attached hydrogens (tertiary/aromatic N) is 2. The molecule has 1 saturated heterocycles. The fourth-order valence-electron chi connectivity index (χ4n) is 3.28. The number of piperazine rings is 1. The highest BCUT2D eigenvalue weighted by Crippen LogP contribution is 2.27. The average molecular weight is 388 g/mol. The maximum atomic E-state index is 12.2. The summed E-state index contributed by atoms with van der Waals surface area (Å²) < 4.78 is 5.12. The van der Waals surface area contributed by atoms with E-state index in [9.17, 15) is 4.79 Å². The highest BCUT2D eigenvalue weighted by atomic mass is 35.5. The number of nitrogens with one attached hydrogen (secondary N) is 1. The van der Waals surface area contributed by atoms with Crippen LogP contribution in [0.4, 0.5) is 11.4 Å². The molecule has 2 aromatic carbocycles. The summed E-state index contributed by atoms with van der Waals surface area (Å²) in [6.45, 7) is 6.79. The van der Waals surface area contributed by atoms with E-state index in [4.69, 9.17) is 16.3 Å². The van der Waals surface area contributed by atoms with Gasteiger partial charge in [-0.25, -0.2) is 0 Å². The van der Waals surface area contributed by atoms with E-state index in [1.807, 2.05) is 0 Å². The first-order valence-electron chi connectivity index (χ1n) is 9.22. The van der Waals surface area contributed by atoms with E-state index in [0.717, 1.165) is 32.7 Å². The van der Waals surface area contributed by atoms with Crippen LogP contribution in [0.5, 0.6) is 5.75 Å². The lowest BCUT2D eigenvalue weighted by atomic mass is 10.2. The second-order valence-corrected chi connectivity index (χ2v) is 7.22. The molecule has 27 heavy (non-hydrogen) atoms. The van der Waals surface area contributed by atoms with Gasteiger partial charge in [0, 0.05) is 50.5 Å². The number of hydrogen-bond donors (Lipinski definition) is 1. The number of methoxy groups -OCH3 is 1. The SMILES string of the molecule is COc1ccc(NC(=O)CCN2CCN(c3cccc(C)c3)CC2)cc1Cl. The van der Waals surface area contributed by atoms with Gasteiger partial charge in [0.2, 0.25) is 5.91 Å². The number of halogens is 1. The van der Waals surface area contributed by atoms with Gasteiger partial charge in [0.25, 0.3) is 0 Å². The Morgan fingerprint density at radius 1 is 1.15 bits per heavy atom. The van der Waals surface area contributed by atoms with Gasteiger partial charge in [-0.05, 0) is 42.8 Å². The Morgan fingerprint density at radius 2 is 1.93 bits per heavy atom. The molecular weight excluding hydrogens is 362 g/mol. The van der Waals surface area contributed by atoms with Crippen LogP contribution >= 0.6 is 11.6 Å². The minimum atomic E-state index is -0.00246. The van der Waals surface area contributed by atoms with Gasteiger partial charge in [-0.15, -0.1) is 0 Å². The van der Waals surface area contributed by atoms with Crippen LogP contribution in [0.2, 0.25) is 5.02 Å². The van der Waals surface area contributed by atoms with Crippen LogP contribution in [0.1, 0.15) is 12.0 Å². The van der Waals surface area contributed by atoms with E-state index in [2.05, 4.69) is 46.3 Å². The molecule has 2 aromatic rings. The number of carbonyl (C=O) groups excluding carboxylic acids is 1. The van der Waals surface area contributed by atoms with Crippen molar-refractivity contribution in [2.75, 3.05) is 50.1 Å². The molecule has 1 aliphatic rings. The zero-order valence-electron chi connectivity index (χ0n) is 15.9. The maximum Gasteiger partial charge on any atom is 0.225 e. The normalized spacial score (nSPS) is 14.9. The van der Waals surface area contributed by atoms with Gasteiger partial charge >= 0.3 is 0 Å². The summed E-state index contributed by atoms with van der Waals surface area (Å²) in [6, 6.07) is 13.9. The van der Waals surface area contributed by atoms with Crippen LogP contribution in [0, 0.1) is 6.92 Å². The fraction of sp³-hybridized carbons (Fsp3) is 0.381. The van der Waals surface area contributed by atoms with Crippen molar-refractivity contribution >= 4 is 28.9 Å². The van der Waals surface area contributed by atoms with Gasteiger partial charge in [0.1, 0.15) is 5.75 Å². The predicted octanol–water partition coefficient (Wildman–Crippen LogP) is 3.81. The maximum absolute atomic E-state index is 12.2. The topological polar surface area (TPSA) is 44.8 Å². The molecule has 0 spiro atoms. The van der Waals surface area contributed by atoms with Gasteiger partial charge in [0.15, 0.2) is 0 Å². The minimum absolute atomic E-state index is 0.00246. The van der Waals surface area contributed by atoms with Crippen LogP contribution in [-0.2, 0) is 4.79 Å². The van der Waals surface area contributed by atoms with E-state index < -0.39 is 0 Å². The zero-order chi connectivity index (χ0) is 19.2.